The summed E-state index contributed by atoms with van der Waals surface area (Å²) >= 11 is 0. The van der Waals surface area contributed by atoms with Crippen LogP contribution in [0.3, 0.4) is 0 Å². The van der Waals surface area contributed by atoms with Crippen LogP contribution < -0.4 is 11.3 Å². The first-order valence-electron chi connectivity index (χ1n) is 5.97. The van der Waals surface area contributed by atoms with Crippen LogP contribution in [-0.2, 0) is 0 Å². The second-order valence-corrected chi connectivity index (χ2v) is 4.18. The minimum absolute atomic E-state index is 0.177. The lowest BCUT2D eigenvalue weighted by Crippen LogP contribution is -2.28. The topological polar surface area (TPSA) is 69.0 Å². The van der Waals surface area contributed by atoms with Crippen LogP contribution in [0.25, 0.3) is 5.69 Å². The summed E-state index contributed by atoms with van der Waals surface area (Å²) < 4.78 is 6.90. The average Bonchev–Trinajstić information content (AvgIpc) is 3.12. The van der Waals surface area contributed by atoms with Gasteiger partial charge >= 0.3 is 0 Å². The average molecular weight is 254 g/mol. The van der Waals surface area contributed by atoms with Crippen LogP contribution in [0.5, 0.6) is 0 Å². The number of hydrogen-bond acceptors (Lipinski definition) is 4. The Kier molecular flexibility index (Phi) is 3.14. The Morgan fingerprint density at radius 3 is 2.68 bits per heavy atom. The highest BCUT2D eigenvalue weighted by Crippen LogP contribution is 2.20. The van der Waals surface area contributed by atoms with Crippen molar-refractivity contribution in [3.8, 4) is 5.69 Å². The van der Waals surface area contributed by atoms with Crippen molar-refractivity contribution in [2.24, 2.45) is 5.84 Å². The van der Waals surface area contributed by atoms with Gasteiger partial charge in [-0.1, -0.05) is 18.2 Å². The first-order chi connectivity index (χ1) is 9.38. The summed E-state index contributed by atoms with van der Waals surface area (Å²) in [6.07, 6.45) is 5.19. The van der Waals surface area contributed by atoms with Gasteiger partial charge in [0.25, 0.3) is 0 Å². The van der Waals surface area contributed by atoms with Crippen LogP contribution in [0, 0.1) is 0 Å². The van der Waals surface area contributed by atoms with Gasteiger partial charge in [0.15, 0.2) is 0 Å². The van der Waals surface area contributed by atoms with Gasteiger partial charge in [0.05, 0.1) is 29.9 Å². The molecule has 5 heteroatoms. The second kappa shape index (κ2) is 5.09. The molecule has 0 fully saturated rings. The normalized spacial score (nSPS) is 12.5. The third-order valence-corrected chi connectivity index (χ3v) is 2.97. The van der Waals surface area contributed by atoms with Gasteiger partial charge < -0.3 is 4.42 Å². The lowest BCUT2D eigenvalue weighted by atomic mass is 10.1. The Hall–Kier alpha value is -2.37. The van der Waals surface area contributed by atoms with Crippen molar-refractivity contribution in [3.05, 3.63) is 72.4 Å². The third kappa shape index (κ3) is 2.29. The number of nitrogens with zero attached hydrogens (tertiary/aromatic N) is 2. The van der Waals surface area contributed by atoms with Crippen molar-refractivity contribution in [3.63, 3.8) is 0 Å². The number of para-hydroxylation sites is 1. The number of rotatable bonds is 4. The molecule has 0 aliphatic rings. The van der Waals surface area contributed by atoms with Crippen molar-refractivity contribution in [1.82, 2.24) is 15.2 Å². The van der Waals surface area contributed by atoms with Gasteiger partial charge in [0.2, 0.25) is 0 Å². The Labute approximate surface area is 110 Å². The van der Waals surface area contributed by atoms with Gasteiger partial charge in [0.1, 0.15) is 0 Å². The molecule has 3 N–H and O–H groups in total. The lowest BCUT2D eigenvalue weighted by Gasteiger charge is -2.10. The van der Waals surface area contributed by atoms with Crippen LogP contribution in [0.4, 0.5) is 0 Å². The first kappa shape index (κ1) is 11.7. The molecule has 2 aromatic heterocycles. The number of nitrogens with two attached hydrogens (primary N) is 1. The van der Waals surface area contributed by atoms with Crippen molar-refractivity contribution in [1.29, 1.82) is 0 Å². The summed E-state index contributed by atoms with van der Waals surface area (Å²) in [6.45, 7) is 0. The molecular formula is C14H14N4O. The molecule has 0 amide bonds. The highest BCUT2D eigenvalue weighted by Gasteiger charge is 2.16. The minimum atomic E-state index is -0.177. The quantitative estimate of drug-likeness (QED) is 0.552. The molecule has 19 heavy (non-hydrogen) atoms. The Morgan fingerprint density at radius 1 is 1.16 bits per heavy atom. The molecule has 0 bridgehead atoms. The van der Waals surface area contributed by atoms with E-state index >= 15 is 0 Å². The van der Waals surface area contributed by atoms with Gasteiger partial charge in [-0.2, -0.15) is 5.10 Å². The van der Waals surface area contributed by atoms with Gasteiger partial charge in [-0.25, -0.2) is 10.1 Å². The number of hydrazine groups is 1. The van der Waals surface area contributed by atoms with E-state index in [1.54, 1.807) is 12.5 Å². The summed E-state index contributed by atoms with van der Waals surface area (Å²) in [6, 6.07) is 13.6. The molecule has 0 saturated carbocycles. The van der Waals surface area contributed by atoms with Crippen LogP contribution in [-0.4, -0.2) is 9.78 Å². The van der Waals surface area contributed by atoms with Crippen molar-refractivity contribution < 1.29 is 4.42 Å². The van der Waals surface area contributed by atoms with E-state index in [9.17, 15) is 0 Å². The largest absolute Gasteiger partial charge is 0.472 e. The maximum absolute atomic E-state index is 5.60. The van der Waals surface area contributed by atoms with Gasteiger partial charge in [-0.05, 0) is 24.3 Å². The van der Waals surface area contributed by atoms with E-state index in [0.29, 0.717) is 0 Å². The lowest BCUT2D eigenvalue weighted by molar-refractivity contribution is 0.549. The Bertz CT molecular complexity index is 631. The standard InChI is InChI=1S/C14H14N4O/c15-16-14(11-7-9-19-10-11)13-6-8-18(17-13)12-4-2-1-3-5-12/h1-10,14,16H,15H2. The zero-order valence-corrected chi connectivity index (χ0v) is 10.2. The van der Waals surface area contributed by atoms with Crippen LogP contribution in [0.15, 0.2) is 65.6 Å². The van der Waals surface area contributed by atoms with Crippen LogP contribution >= 0.6 is 0 Å². The van der Waals surface area contributed by atoms with Crippen LogP contribution in [0.1, 0.15) is 17.3 Å². The molecule has 5 nitrogen and oxygen atoms in total. The van der Waals surface area contributed by atoms with E-state index in [0.717, 1.165) is 16.9 Å². The smallest absolute Gasteiger partial charge is 0.0954 e. The van der Waals surface area contributed by atoms with Gasteiger partial charge in [-0.3, -0.25) is 5.84 Å². The van der Waals surface area contributed by atoms with E-state index in [1.165, 1.54) is 0 Å². The summed E-state index contributed by atoms with van der Waals surface area (Å²) in [5, 5.41) is 4.54. The Morgan fingerprint density at radius 2 is 2.00 bits per heavy atom. The molecule has 1 aromatic carbocycles. The number of nitrogens with one attached hydrogen (secondary N) is 1. The number of hydrogen-bond donors (Lipinski definition) is 2. The molecule has 3 aromatic rings. The predicted octanol–water partition coefficient (Wildman–Crippen LogP) is 2.02. The van der Waals surface area contributed by atoms with Crippen molar-refractivity contribution in [2.75, 3.05) is 0 Å². The maximum Gasteiger partial charge on any atom is 0.0954 e. The number of benzene rings is 1. The highest BCUT2D eigenvalue weighted by atomic mass is 16.3. The molecule has 0 aliphatic heterocycles. The van der Waals surface area contributed by atoms with E-state index in [-0.39, 0.29) is 6.04 Å². The minimum Gasteiger partial charge on any atom is -0.472 e. The fourth-order valence-corrected chi connectivity index (χ4v) is 2.01. The van der Waals surface area contributed by atoms with Gasteiger partial charge in [-0.15, -0.1) is 0 Å². The van der Waals surface area contributed by atoms with E-state index in [4.69, 9.17) is 10.3 Å². The van der Waals surface area contributed by atoms with Crippen molar-refractivity contribution in [2.45, 2.75) is 6.04 Å². The number of aromatic nitrogens is 2. The summed E-state index contributed by atoms with van der Waals surface area (Å²) in [5.41, 5.74) is 5.55. The predicted molar refractivity (Wildman–Crippen MR) is 71.4 cm³/mol. The summed E-state index contributed by atoms with van der Waals surface area (Å²) in [5.74, 6) is 5.60. The maximum atomic E-state index is 5.60. The zero-order valence-electron chi connectivity index (χ0n) is 10.2. The van der Waals surface area contributed by atoms with Crippen molar-refractivity contribution >= 4 is 0 Å². The number of furan rings is 1. The fourth-order valence-electron chi connectivity index (χ4n) is 2.01. The van der Waals surface area contributed by atoms with E-state index < -0.39 is 0 Å². The summed E-state index contributed by atoms with van der Waals surface area (Å²) in [7, 11) is 0. The monoisotopic (exact) mass is 254 g/mol. The molecular weight excluding hydrogens is 240 g/mol. The van der Waals surface area contributed by atoms with E-state index in [1.807, 2.05) is 53.3 Å². The fraction of sp³-hybridized carbons (Fsp3) is 0.0714. The second-order valence-electron chi connectivity index (χ2n) is 4.18. The molecule has 0 saturated heterocycles. The molecule has 0 radical (unpaired) electrons. The van der Waals surface area contributed by atoms with Gasteiger partial charge in [0, 0.05) is 11.8 Å². The molecule has 2 heterocycles. The summed E-state index contributed by atoms with van der Waals surface area (Å²) in [4.78, 5) is 0. The SMILES string of the molecule is NNC(c1ccoc1)c1ccn(-c2ccccc2)n1. The highest BCUT2D eigenvalue weighted by molar-refractivity contribution is 5.32. The van der Waals surface area contributed by atoms with E-state index in [2.05, 4.69) is 10.5 Å². The molecule has 0 spiro atoms. The Balaban J connectivity index is 1.93. The van der Waals surface area contributed by atoms with Crippen LogP contribution in [0.2, 0.25) is 0 Å². The molecule has 96 valence electrons. The molecule has 3 rings (SSSR count). The molecule has 0 aliphatic carbocycles. The first-order valence-corrected chi connectivity index (χ1v) is 5.97. The molecule has 1 unspecified atom stereocenters. The molecule has 1 atom stereocenters. The third-order valence-electron chi connectivity index (χ3n) is 2.97. The zero-order chi connectivity index (χ0) is 13.1.